The highest BCUT2D eigenvalue weighted by atomic mass is 79.9. The molecule has 0 saturated heterocycles. The van der Waals surface area contributed by atoms with E-state index in [4.69, 9.17) is 11.6 Å². The molecule has 2 heterocycles. The summed E-state index contributed by atoms with van der Waals surface area (Å²) in [6.45, 7) is 0.315. The number of hydrogen-bond acceptors (Lipinski definition) is 5. The standard InChI is InChI=1S/C23H20BrClF3N5O2S/c1-32(36(34,35)20-10-5-3-8-16(20)23(26,27)28)12-6-11-29-21-13-19(15-7-2-4-9-18(15)25)31-22-17(24)14-30-33(21)22/h2-5,7-10,13-14,29H,6,11-12H2,1H3. The Balaban J connectivity index is 1.50. The fraction of sp³-hybridized carbons (Fsp3) is 0.217. The number of anilines is 1. The smallest absolute Gasteiger partial charge is 0.370 e. The Morgan fingerprint density at radius 3 is 2.56 bits per heavy atom. The van der Waals surface area contributed by atoms with Crippen LogP contribution < -0.4 is 5.32 Å². The molecule has 190 valence electrons. The lowest BCUT2D eigenvalue weighted by Gasteiger charge is -2.20. The lowest BCUT2D eigenvalue weighted by atomic mass is 10.1. The highest BCUT2D eigenvalue weighted by molar-refractivity contribution is 9.10. The molecule has 0 radical (unpaired) electrons. The highest BCUT2D eigenvalue weighted by Gasteiger charge is 2.38. The fourth-order valence-electron chi connectivity index (χ4n) is 3.60. The summed E-state index contributed by atoms with van der Waals surface area (Å²) in [6.07, 6.45) is -2.86. The summed E-state index contributed by atoms with van der Waals surface area (Å²) in [7, 11) is -3.08. The van der Waals surface area contributed by atoms with E-state index in [2.05, 4.69) is 31.3 Å². The summed E-state index contributed by atoms with van der Waals surface area (Å²) in [4.78, 5) is 3.86. The first-order valence-electron chi connectivity index (χ1n) is 10.7. The summed E-state index contributed by atoms with van der Waals surface area (Å²) in [5.74, 6) is 0.591. The van der Waals surface area contributed by atoms with Crippen molar-refractivity contribution in [2.75, 3.05) is 25.5 Å². The van der Waals surface area contributed by atoms with Gasteiger partial charge in [0.2, 0.25) is 10.0 Å². The molecule has 7 nitrogen and oxygen atoms in total. The van der Waals surface area contributed by atoms with E-state index in [0.717, 1.165) is 28.1 Å². The Kier molecular flexibility index (Phi) is 7.60. The molecule has 36 heavy (non-hydrogen) atoms. The minimum absolute atomic E-state index is 0.00404. The quantitative estimate of drug-likeness (QED) is 0.252. The van der Waals surface area contributed by atoms with Gasteiger partial charge in [-0.05, 0) is 40.5 Å². The molecular formula is C23H20BrClF3N5O2S. The Morgan fingerprint density at radius 1 is 1.14 bits per heavy atom. The second-order valence-corrected chi connectivity index (χ2v) is 11.1. The normalized spacial score (nSPS) is 12.4. The van der Waals surface area contributed by atoms with Crippen LogP contribution in [0.1, 0.15) is 12.0 Å². The van der Waals surface area contributed by atoms with Gasteiger partial charge in [0.15, 0.2) is 5.65 Å². The summed E-state index contributed by atoms with van der Waals surface area (Å²) in [6, 6.07) is 13.2. The van der Waals surface area contributed by atoms with Crippen molar-refractivity contribution in [2.45, 2.75) is 17.5 Å². The van der Waals surface area contributed by atoms with Crippen molar-refractivity contribution in [3.63, 3.8) is 0 Å². The molecule has 0 unspecified atom stereocenters. The van der Waals surface area contributed by atoms with E-state index < -0.39 is 26.7 Å². The Bertz CT molecular complexity index is 1510. The molecule has 0 amide bonds. The van der Waals surface area contributed by atoms with Crippen LogP contribution in [0.25, 0.3) is 16.9 Å². The topological polar surface area (TPSA) is 79.6 Å². The molecule has 13 heteroatoms. The van der Waals surface area contributed by atoms with Crippen molar-refractivity contribution >= 4 is 49.0 Å². The van der Waals surface area contributed by atoms with Gasteiger partial charge in [-0.15, -0.1) is 0 Å². The third-order valence-corrected chi connectivity index (χ3v) is 8.22. The predicted octanol–water partition coefficient (Wildman–Crippen LogP) is 5.95. The number of aromatic nitrogens is 3. The summed E-state index contributed by atoms with van der Waals surface area (Å²) >= 11 is 9.77. The summed E-state index contributed by atoms with van der Waals surface area (Å²) in [5.41, 5.74) is 0.705. The zero-order valence-corrected chi connectivity index (χ0v) is 22.0. The van der Waals surface area contributed by atoms with E-state index in [0.29, 0.717) is 39.6 Å². The first-order chi connectivity index (χ1) is 17.0. The maximum Gasteiger partial charge on any atom is 0.417 e. The van der Waals surface area contributed by atoms with E-state index in [1.807, 2.05) is 18.2 Å². The van der Waals surface area contributed by atoms with Crippen LogP contribution in [0.5, 0.6) is 0 Å². The lowest BCUT2D eigenvalue weighted by Crippen LogP contribution is -2.30. The molecule has 0 saturated carbocycles. The van der Waals surface area contributed by atoms with Crippen LogP contribution in [-0.4, -0.2) is 47.5 Å². The van der Waals surface area contributed by atoms with Crippen LogP contribution in [0.15, 0.2) is 70.2 Å². The predicted molar refractivity (Wildman–Crippen MR) is 135 cm³/mol. The number of alkyl halides is 3. The van der Waals surface area contributed by atoms with Crippen molar-refractivity contribution < 1.29 is 21.6 Å². The fourth-order valence-corrected chi connectivity index (χ4v) is 5.60. The van der Waals surface area contributed by atoms with Gasteiger partial charge in [0.25, 0.3) is 0 Å². The summed E-state index contributed by atoms with van der Waals surface area (Å²) in [5, 5.41) is 8.04. The molecule has 0 bridgehead atoms. The number of sulfonamides is 1. The number of hydrogen-bond donors (Lipinski definition) is 1. The van der Waals surface area contributed by atoms with Crippen LogP contribution in [-0.2, 0) is 16.2 Å². The number of halogens is 5. The molecule has 1 N–H and O–H groups in total. The van der Waals surface area contributed by atoms with Gasteiger partial charge < -0.3 is 5.32 Å². The number of rotatable bonds is 8. The molecule has 0 aliphatic carbocycles. The minimum Gasteiger partial charge on any atom is -0.370 e. The first-order valence-corrected chi connectivity index (χ1v) is 13.3. The van der Waals surface area contributed by atoms with Crippen molar-refractivity contribution in [1.29, 1.82) is 0 Å². The first kappa shape index (κ1) is 26.4. The maximum atomic E-state index is 13.3. The van der Waals surface area contributed by atoms with Crippen molar-refractivity contribution in [3.05, 3.63) is 75.9 Å². The maximum absolute atomic E-state index is 13.3. The average Bonchev–Trinajstić information content (AvgIpc) is 3.22. The van der Waals surface area contributed by atoms with Crippen molar-refractivity contribution in [2.24, 2.45) is 0 Å². The molecule has 2 aromatic heterocycles. The van der Waals surface area contributed by atoms with E-state index in [9.17, 15) is 21.6 Å². The molecule has 0 fully saturated rings. The molecule has 4 rings (SSSR count). The average molecular weight is 603 g/mol. The van der Waals surface area contributed by atoms with Gasteiger partial charge >= 0.3 is 6.18 Å². The van der Waals surface area contributed by atoms with Gasteiger partial charge in [-0.2, -0.15) is 22.8 Å². The number of fused-ring (bicyclic) bond motifs is 1. The lowest BCUT2D eigenvalue weighted by molar-refractivity contribution is -0.139. The van der Waals surface area contributed by atoms with Gasteiger partial charge in [0, 0.05) is 36.8 Å². The number of benzene rings is 2. The largest absolute Gasteiger partial charge is 0.417 e. The molecule has 0 atom stereocenters. The zero-order chi connectivity index (χ0) is 26.1. The summed E-state index contributed by atoms with van der Waals surface area (Å²) < 4.78 is 68.8. The van der Waals surface area contributed by atoms with E-state index in [-0.39, 0.29) is 6.54 Å². The van der Waals surface area contributed by atoms with Gasteiger partial charge in [-0.3, -0.25) is 0 Å². The van der Waals surface area contributed by atoms with Crippen LogP contribution in [0.4, 0.5) is 19.0 Å². The Morgan fingerprint density at radius 2 is 1.83 bits per heavy atom. The second-order valence-electron chi connectivity index (χ2n) is 7.84. The van der Waals surface area contributed by atoms with Crippen LogP contribution in [0.3, 0.4) is 0 Å². The SMILES string of the molecule is CN(CCCNc1cc(-c2ccccc2Cl)nc2c(Br)cnn12)S(=O)(=O)c1ccccc1C(F)(F)F. The molecular weight excluding hydrogens is 583 g/mol. The van der Waals surface area contributed by atoms with Crippen LogP contribution in [0.2, 0.25) is 5.02 Å². The molecule has 0 spiro atoms. The molecule has 0 aliphatic rings. The third-order valence-electron chi connectivity index (χ3n) is 5.42. The van der Waals surface area contributed by atoms with Crippen molar-refractivity contribution in [3.8, 4) is 11.3 Å². The Hall–Kier alpha value is -2.67. The van der Waals surface area contributed by atoms with Gasteiger partial charge in [0.05, 0.1) is 26.8 Å². The molecule has 2 aromatic carbocycles. The molecule has 0 aliphatic heterocycles. The third kappa shape index (κ3) is 5.36. The number of nitrogens with zero attached hydrogens (tertiary/aromatic N) is 4. The molecule has 4 aromatic rings. The second kappa shape index (κ2) is 10.4. The number of nitrogens with one attached hydrogen (secondary N) is 1. The highest BCUT2D eigenvalue weighted by Crippen LogP contribution is 2.35. The Labute approximate surface area is 219 Å². The zero-order valence-electron chi connectivity index (χ0n) is 18.8. The van der Waals surface area contributed by atoms with Crippen LogP contribution >= 0.6 is 27.5 Å². The van der Waals surface area contributed by atoms with E-state index in [1.165, 1.54) is 13.1 Å². The van der Waals surface area contributed by atoms with Gasteiger partial charge in [-0.25, -0.2) is 17.7 Å². The minimum atomic E-state index is -4.78. The van der Waals surface area contributed by atoms with Gasteiger partial charge in [0.1, 0.15) is 5.82 Å². The van der Waals surface area contributed by atoms with Gasteiger partial charge in [-0.1, -0.05) is 41.9 Å². The van der Waals surface area contributed by atoms with Crippen LogP contribution in [0, 0.1) is 0 Å². The monoisotopic (exact) mass is 601 g/mol. The van der Waals surface area contributed by atoms with Crippen molar-refractivity contribution in [1.82, 2.24) is 18.9 Å². The van der Waals surface area contributed by atoms with E-state index in [1.54, 1.807) is 22.8 Å². The van der Waals surface area contributed by atoms with E-state index >= 15 is 0 Å².